The van der Waals surface area contributed by atoms with Gasteiger partial charge in [-0.3, -0.25) is 9.78 Å². The Bertz CT molecular complexity index is 827. The topological polar surface area (TPSA) is 59.8 Å². The Morgan fingerprint density at radius 1 is 1.17 bits per heavy atom. The van der Waals surface area contributed by atoms with Gasteiger partial charge in [0.05, 0.1) is 11.0 Å². The lowest BCUT2D eigenvalue weighted by Crippen LogP contribution is -2.11. The number of hydrogen-bond acceptors (Lipinski definition) is 3. The molecule has 1 N–H and O–H groups in total. The van der Waals surface area contributed by atoms with Crippen LogP contribution < -0.4 is 5.32 Å². The molecule has 23 heavy (non-hydrogen) atoms. The summed E-state index contributed by atoms with van der Waals surface area (Å²) >= 11 is 0. The van der Waals surface area contributed by atoms with Gasteiger partial charge in [-0.25, -0.2) is 4.98 Å². The molecule has 0 saturated heterocycles. The van der Waals surface area contributed by atoms with Crippen LogP contribution in [0.25, 0.3) is 11.0 Å². The number of hydrogen-bond donors (Lipinski definition) is 1. The summed E-state index contributed by atoms with van der Waals surface area (Å²) in [6, 6.07) is 9.53. The van der Waals surface area contributed by atoms with Gasteiger partial charge in [-0.1, -0.05) is 0 Å². The lowest BCUT2D eigenvalue weighted by atomic mass is 10.2. The van der Waals surface area contributed by atoms with Crippen LogP contribution in [0, 0.1) is 6.92 Å². The summed E-state index contributed by atoms with van der Waals surface area (Å²) in [5, 5.41) is 2.89. The van der Waals surface area contributed by atoms with Crippen molar-refractivity contribution >= 4 is 35.0 Å². The Labute approximate surface area is 141 Å². The summed E-state index contributed by atoms with van der Waals surface area (Å²) in [4.78, 5) is 20.7. The van der Waals surface area contributed by atoms with Gasteiger partial charge in [-0.2, -0.15) is 0 Å². The first-order valence-corrected chi connectivity index (χ1v) is 7.26. The van der Waals surface area contributed by atoms with Crippen LogP contribution in [-0.2, 0) is 0 Å². The van der Waals surface area contributed by atoms with Crippen molar-refractivity contribution in [2.45, 2.75) is 26.8 Å². The highest BCUT2D eigenvalue weighted by Crippen LogP contribution is 2.23. The quantitative estimate of drug-likeness (QED) is 0.789. The molecule has 0 atom stereocenters. The Kier molecular flexibility index (Phi) is 5.01. The lowest BCUT2D eigenvalue weighted by molar-refractivity contribution is 0.102. The number of amides is 1. The van der Waals surface area contributed by atoms with E-state index < -0.39 is 0 Å². The molecule has 0 fully saturated rings. The van der Waals surface area contributed by atoms with Gasteiger partial charge >= 0.3 is 0 Å². The average molecular weight is 331 g/mol. The van der Waals surface area contributed by atoms with E-state index in [1.165, 1.54) is 0 Å². The molecule has 5 nitrogen and oxygen atoms in total. The minimum atomic E-state index is -0.151. The molecule has 0 saturated carbocycles. The predicted octanol–water partition coefficient (Wildman–Crippen LogP) is 3.99. The molecule has 0 unspecified atom stereocenters. The molecule has 6 heteroatoms. The van der Waals surface area contributed by atoms with Gasteiger partial charge in [0, 0.05) is 29.7 Å². The van der Waals surface area contributed by atoms with Gasteiger partial charge in [0.2, 0.25) is 0 Å². The molecule has 2 aromatic heterocycles. The lowest BCUT2D eigenvalue weighted by Gasteiger charge is -2.11. The maximum Gasteiger partial charge on any atom is 0.255 e. The molecule has 0 aliphatic carbocycles. The van der Waals surface area contributed by atoms with Gasteiger partial charge in [0.25, 0.3) is 5.91 Å². The summed E-state index contributed by atoms with van der Waals surface area (Å²) in [7, 11) is 0. The maximum absolute atomic E-state index is 12.2. The molecule has 0 spiro atoms. The highest BCUT2D eigenvalue weighted by Gasteiger charge is 2.11. The van der Waals surface area contributed by atoms with E-state index in [2.05, 4.69) is 33.7 Å². The van der Waals surface area contributed by atoms with E-state index >= 15 is 0 Å². The van der Waals surface area contributed by atoms with E-state index in [1.807, 2.05) is 25.1 Å². The minimum absolute atomic E-state index is 0. The zero-order valence-corrected chi connectivity index (χ0v) is 14.1. The second-order valence-corrected chi connectivity index (χ2v) is 5.52. The number of halogens is 1. The molecule has 2 heterocycles. The van der Waals surface area contributed by atoms with Crippen LogP contribution in [0.4, 0.5) is 5.69 Å². The highest BCUT2D eigenvalue weighted by molar-refractivity contribution is 6.04. The van der Waals surface area contributed by atoms with E-state index in [0.717, 1.165) is 22.5 Å². The third-order valence-electron chi connectivity index (χ3n) is 3.58. The number of benzene rings is 1. The smallest absolute Gasteiger partial charge is 0.255 e. The number of carbonyl (C=O) groups excluding carboxylic acids is 1. The van der Waals surface area contributed by atoms with Crippen LogP contribution in [-0.4, -0.2) is 20.4 Å². The zero-order valence-electron chi connectivity index (χ0n) is 13.3. The highest BCUT2D eigenvalue weighted by atomic mass is 35.5. The summed E-state index contributed by atoms with van der Waals surface area (Å²) in [6.45, 7) is 6.26. The van der Waals surface area contributed by atoms with Crippen molar-refractivity contribution in [3.8, 4) is 0 Å². The van der Waals surface area contributed by atoms with Crippen LogP contribution in [0.3, 0.4) is 0 Å². The van der Waals surface area contributed by atoms with Crippen LogP contribution in [0.15, 0.2) is 42.7 Å². The molecule has 0 bridgehead atoms. The molecule has 1 aromatic carbocycles. The van der Waals surface area contributed by atoms with Crippen LogP contribution in [0.2, 0.25) is 0 Å². The molecule has 120 valence electrons. The molecule has 0 aliphatic rings. The number of aromatic nitrogens is 3. The summed E-state index contributed by atoms with van der Waals surface area (Å²) < 4.78 is 2.18. The first-order chi connectivity index (χ1) is 10.6. The number of imidazole rings is 1. The number of rotatable bonds is 3. The van der Waals surface area contributed by atoms with E-state index in [1.54, 1.807) is 24.5 Å². The standard InChI is InChI=1S/C17H18N4O.ClH/c1-11(2)21-12(3)19-15-10-14(4-5-16(15)21)20-17(22)13-6-8-18-9-7-13;/h4-11H,1-3H3,(H,20,22);1H. The summed E-state index contributed by atoms with van der Waals surface area (Å²) in [5.74, 6) is 0.823. The Morgan fingerprint density at radius 3 is 2.52 bits per heavy atom. The van der Waals surface area contributed by atoms with Gasteiger partial charge in [-0.05, 0) is 51.1 Å². The summed E-state index contributed by atoms with van der Waals surface area (Å²) in [6.07, 6.45) is 3.21. The largest absolute Gasteiger partial charge is 0.326 e. The van der Waals surface area contributed by atoms with Gasteiger partial charge in [0.15, 0.2) is 0 Å². The van der Waals surface area contributed by atoms with Crippen molar-refractivity contribution in [3.63, 3.8) is 0 Å². The minimum Gasteiger partial charge on any atom is -0.326 e. The van der Waals surface area contributed by atoms with Crippen molar-refractivity contribution in [1.82, 2.24) is 14.5 Å². The third kappa shape index (κ3) is 3.35. The van der Waals surface area contributed by atoms with Gasteiger partial charge < -0.3 is 9.88 Å². The first-order valence-electron chi connectivity index (χ1n) is 7.26. The SMILES string of the molecule is Cc1nc2cc(NC(=O)c3ccncc3)ccc2n1C(C)C.Cl. The number of nitrogens with one attached hydrogen (secondary N) is 1. The fourth-order valence-corrected chi connectivity index (χ4v) is 2.66. The first kappa shape index (κ1) is 17.0. The monoisotopic (exact) mass is 330 g/mol. The molecule has 1 amide bonds. The number of fused-ring (bicyclic) bond motifs is 1. The number of pyridine rings is 1. The molecule has 0 radical (unpaired) electrons. The van der Waals surface area contributed by atoms with Crippen molar-refractivity contribution in [3.05, 3.63) is 54.1 Å². The fraction of sp³-hybridized carbons (Fsp3) is 0.235. The van der Waals surface area contributed by atoms with E-state index in [4.69, 9.17) is 0 Å². The summed E-state index contributed by atoms with van der Waals surface area (Å²) in [5.41, 5.74) is 3.29. The molecule has 0 aliphatic heterocycles. The zero-order chi connectivity index (χ0) is 15.7. The number of nitrogens with zero attached hydrogens (tertiary/aromatic N) is 3. The number of carbonyl (C=O) groups is 1. The second-order valence-electron chi connectivity index (χ2n) is 5.52. The maximum atomic E-state index is 12.2. The van der Waals surface area contributed by atoms with E-state index in [0.29, 0.717) is 11.6 Å². The number of anilines is 1. The van der Waals surface area contributed by atoms with Crippen molar-refractivity contribution in [2.24, 2.45) is 0 Å². The Hall–Kier alpha value is -2.40. The van der Waals surface area contributed by atoms with Crippen molar-refractivity contribution < 1.29 is 4.79 Å². The molecular weight excluding hydrogens is 312 g/mol. The predicted molar refractivity (Wildman–Crippen MR) is 94.3 cm³/mol. The second kappa shape index (κ2) is 6.79. The molecule has 3 aromatic rings. The average Bonchev–Trinajstić information content (AvgIpc) is 2.83. The van der Waals surface area contributed by atoms with Gasteiger partial charge in [-0.15, -0.1) is 12.4 Å². The normalized spacial score (nSPS) is 10.6. The fourth-order valence-electron chi connectivity index (χ4n) is 2.66. The van der Waals surface area contributed by atoms with Crippen LogP contribution >= 0.6 is 12.4 Å². The van der Waals surface area contributed by atoms with E-state index in [9.17, 15) is 4.79 Å². The number of aryl methyl sites for hydroxylation is 1. The Balaban J connectivity index is 0.00000192. The molecule has 3 rings (SSSR count). The third-order valence-corrected chi connectivity index (χ3v) is 3.58. The molecular formula is C17H19ClN4O. The van der Waals surface area contributed by atoms with Gasteiger partial charge in [0.1, 0.15) is 5.82 Å². The van der Waals surface area contributed by atoms with Crippen molar-refractivity contribution in [2.75, 3.05) is 5.32 Å². The van der Waals surface area contributed by atoms with Crippen LogP contribution in [0.1, 0.15) is 36.1 Å². The van der Waals surface area contributed by atoms with E-state index in [-0.39, 0.29) is 18.3 Å². The van der Waals surface area contributed by atoms with Crippen LogP contribution in [0.5, 0.6) is 0 Å². The Morgan fingerprint density at radius 2 is 1.87 bits per heavy atom. The van der Waals surface area contributed by atoms with Crippen molar-refractivity contribution in [1.29, 1.82) is 0 Å².